The molecule has 0 aliphatic rings. The molecule has 0 saturated heterocycles. The van der Waals surface area contributed by atoms with Gasteiger partial charge in [0.1, 0.15) is 0 Å². The van der Waals surface area contributed by atoms with Gasteiger partial charge in [0.2, 0.25) is 0 Å². The highest BCUT2D eigenvalue weighted by atomic mass is 35.5. The lowest BCUT2D eigenvalue weighted by molar-refractivity contribution is 0.171. The van der Waals surface area contributed by atoms with E-state index in [4.69, 9.17) is 39.5 Å². The van der Waals surface area contributed by atoms with Crippen LogP contribution in [0.3, 0.4) is 0 Å². The van der Waals surface area contributed by atoms with Crippen molar-refractivity contribution in [1.29, 1.82) is 0 Å². The van der Waals surface area contributed by atoms with E-state index in [1.54, 1.807) is 19.2 Å². The van der Waals surface area contributed by atoms with E-state index in [0.717, 1.165) is 0 Å². The predicted octanol–water partition coefficient (Wildman–Crippen LogP) is 4.73. The van der Waals surface area contributed by atoms with Crippen molar-refractivity contribution in [1.82, 2.24) is 0 Å². The summed E-state index contributed by atoms with van der Waals surface area (Å²) in [6, 6.07) is 3.49. The molecule has 5 heteroatoms. The molecular weight excluding hydrogens is 280 g/mol. The van der Waals surface area contributed by atoms with Crippen LogP contribution in [0.4, 0.5) is 5.69 Å². The van der Waals surface area contributed by atoms with E-state index in [-0.39, 0.29) is 6.04 Å². The summed E-state index contributed by atoms with van der Waals surface area (Å²) in [6.07, 6.45) is 0. The Labute approximate surface area is 117 Å². The Hall–Kier alpha value is -0.150. The maximum Gasteiger partial charge on any atom is 0.0723 e. The van der Waals surface area contributed by atoms with Crippen LogP contribution < -0.4 is 5.32 Å². The molecule has 1 aromatic rings. The highest BCUT2D eigenvalue weighted by Gasteiger charge is 2.16. The molecule has 0 fully saturated rings. The van der Waals surface area contributed by atoms with Gasteiger partial charge in [-0.3, -0.25) is 0 Å². The van der Waals surface area contributed by atoms with Gasteiger partial charge in [-0.2, -0.15) is 0 Å². The van der Waals surface area contributed by atoms with Crippen molar-refractivity contribution in [3.8, 4) is 0 Å². The first-order valence-electron chi connectivity index (χ1n) is 5.35. The average molecular weight is 297 g/mol. The first-order chi connectivity index (χ1) is 7.95. The Morgan fingerprint density at radius 1 is 1.18 bits per heavy atom. The van der Waals surface area contributed by atoms with Gasteiger partial charge in [0, 0.05) is 12.1 Å². The molecule has 0 aliphatic carbocycles. The third-order valence-electron chi connectivity index (χ3n) is 2.49. The average Bonchev–Trinajstić information content (AvgIpc) is 2.21. The van der Waals surface area contributed by atoms with E-state index in [1.807, 2.05) is 0 Å². The zero-order valence-electron chi connectivity index (χ0n) is 10.1. The zero-order chi connectivity index (χ0) is 13.0. The van der Waals surface area contributed by atoms with Crippen molar-refractivity contribution in [2.24, 2.45) is 5.92 Å². The van der Waals surface area contributed by atoms with Gasteiger partial charge in [0.05, 0.1) is 28.4 Å². The predicted molar refractivity (Wildman–Crippen MR) is 75.6 cm³/mol. The number of benzene rings is 1. The van der Waals surface area contributed by atoms with Gasteiger partial charge in [0.25, 0.3) is 0 Å². The number of ether oxygens (including phenoxy) is 1. The lowest BCUT2D eigenvalue weighted by Gasteiger charge is -2.24. The summed E-state index contributed by atoms with van der Waals surface area (Å²) in [5.41, 5.74) is 0.702. The Kier molecular flexibility index (Phi) is 5.87. The minimum absolute atomic E-state index is 0.149. The number of halogens is 3. The van der Waals surface area contributed by atoms with Crippen molar-refractivity contribution in [3.05, 3.63) is 27.2 Å². The van der Waals surface area contributed by atoms with Crippen molar-refractivity contribution in [2.75, 3.05) is 19.0 Å². The van der Waals surface area contributed by atoms with E-state index in [0.29, 0.717) is 33.3 Å². The van der Waals surface area contributed by atoms with Crippen LogP contribution in [0.1, 0.15) is 13.8 Å². The van der Waals surface area contributed by atoms with Gasteiger partial charge in [-0.15, -0.1) is 0 Å². The molecule has 0 heterocycles. The van der Waals surface area contributed by atoms with Gasteiger partial charge < -0.3 is 10.1 Å². The molecule has 0 bridgehead atoms. The number of hydrogen-bond acceptors (Lipinski definition) is 2. The lowest BCUT2D eigenvalue weighted by atomic mass is 10.1. The Morgan fingerprint density at radius 3 is 2.12 bits per heavy atom. The van der Waals surface area contributed by atoms with Crippen LogP contribution >= 0.6 is 34.8 Å². The molecule has 17 heavy (non-hydrogen) atoms. The third-order valence-corrected chi connectivity index (χ3v) is 3.30. The molecule has 96 valence electrons. The quantitative estimate of drug-likeness (QED) is 0.848. The van der Waals surface area contributed by atoms with Crippen LogP contribution in [-0.2, 0) is 4.74 Å². The fourth-order valence-corrected chi connectivity index (χ4v) is 2.37. The third kappa shape index (κ3) is 4.22. The van der Waals surface area contributed by atoms with Gasteiger partial charge in [-0.25, -0.2) is 0 Å². The van der Waals surface area contributed by atoms with E-state index in [2.05, 4.69) is 19.2 Å². The molecule has 0 aliphatic heterocycles. The number of nitrogens with one attached hydrogen (secondary N) is 1. The Bertz CT molecular complexity index is 359. The van der Waals surface area contributed by atoms with Crippen LogP contribution in [0.5, 0.6) is 0 Å². The molecule has 1 unspecified atom stereocenters. The van der Waals surface area contributed by atoms with Crippen molar-refractivity contribution in [3.63, 3.8) is 0 Å². The summed E-state index contributed by atoms with van der Waals surface area (Å²) in [7, 11) is 1.67. The fourth-order valence-electron chi connectivity index (χ4n) is 1.45. The molecule has 1 atom stereocenters. The summed E-state index contributed by atoms with van der Waals surface area (Å²) in [6.45, 7) is 4.80. The van der Waals surface area contributed by atoms with Crippen LogP contribution in [0.25, 0.3) is 0 Å². The number of hydrogen-bond donors (Lipinski definition) is 1. The summed E-state index contributed by atoms with van der Waals surface area (Å²) >= 11 is 18.1. The van der Waals surface area contributed by atoms with Gasteiger partial charge in [-0.05, 0) is 18.1 Å². The van der Waals surface area contributed by atoms with Crippen LogP contribution in [0, 0.1) is 5.92 Å². The molecule has 0 saturated carbocycles. The van der Waals surface area contributed by atoms with E-state index in [9.17, 15) is 0 Å². The molecule has 0 radical (unpaired) electrons. The largest absolute Gasteiger partial charge is 0.383 e. The molecule has 1 N–H and O–H groups in total. The van der Waals surface area contributed by atoms with E-state index in [1.165, 1.54) is 0 Å². The second-order valence-corrected chi connectivity index (χ2v) is 5.45. The highest BCUT2D eigenvalue weighted by Crippen LogP contribution is 2.34. The highest BCUT2D eigenvalue weighted by molar-refractivity contribution is 6.41. The molecule has 0 aromatic heterocycles. The minimum atomic E-state index is 0.149. The summed E-state index contributed by atoms with van der Waals surface area (Å²) in [5.74, 6) is 0.401. The second-order valence-electron chi connectivity index (χ2n) is 4.19. The first kappa shape index (κ1) is 14.9. The monoisotopic (exact) mass is 295 g/mol. The lowest BCUT2D eigenvalue weighted by Crippen LogP contribution is -2.30. The second kappa shape index (κ2) is 6.69. The van der Waals surface area contributed by atoms with E-state index >= 15 is 0 Å². The Morgan fingerprint density at radius 2 is 1.71 bits per heavy atom. The normalized spacial score (nSPS) is 12.9. The fraction of sp³-hybridized carbons (Fsp3) is 0.500. The number of methoxy groups -OCH3 is 1. The first-order valence-corrected chi connectivity index (χ1v) is 6.49. The Balaban J connectivity index is 2.93. The van der Waals surface area contributed by atoms with Crippen LogP contribution in [0.15, 0.2) is 12.1 Å². The molecule has 2 nitrogen and oxygen atoms in total. The molecule has 1 aromatic carbocycles. The summed E-state index contributed by atoms with van der Waals surface area (Å²) in [5, 5.41) is 4.86. The van der Waals surface area contributed by atoms with Crippen molar-refractivity contribution < 1.29 is 4.74 Å². The van der Waals surface area contributed by atoms with Gasteiger partial charge >= 0.3 is 0 Å². The van der Waals surface area contributed by atoms with Crippen LogP contribution in [-0.4, -0.2) is 19.8 Å². The molecule has 0 amide bonds. The zero-order valence-corrected chi connectivity index (χ0v) is 12.3. The van der Waals surface area contributed by atoms with Gasteiger partial charge in [-0.1, -0.05) is 48.7 Å². The molecular formula is C12H16Cl3NO. The topological polar surface area (TPSA) is 21.3 Å². The number of rotatable bonds is 5. The van der Waals surface area contributed by atoms with Crippen LogP contribution in [0.2, 0.25) is 15.1 Å². The molecule has 1 rings (SSSR count). The SMILES string of the molecule is COCC(Nc1c(Cl)cc(Cl)cc1Cl)C(C)C. The molecule has 0 spiro atoms. The minimum Gasteiger partial charge on any atom is -0.383 e. The maximum atomic E-state index is 6.11. The van der Waals surface area contributed by atoms with Gasteiger partial charge in [0.15, 0.2) is 0 Å². The maximum absolute atomic E-state index is 6.11. The van der Waals surface area contributed by atoms with E-state index < -0.39 is 0 Å². The standard InChI is InChI=1S/C12H16Cl3NO/c1-7(2)11(6-17-3)16-12-9(14)4-8(13)5-10(12)15/h4-5,7,11,16H,6H2,1-3H3. The smallest absolute Gasteiger partial charge is 0.0723 e. The van der Waals surface area contributed by atoms with Crippen molar-refractivity contribution >= 4 is 40.5 Å². The van der Waals surface area contributed by atoms with Crippen molar-refractivity contribution in [2.45, 2.75) is 19.9 Å². The number of anilines is 1. The summed E-state index contributed by atoms with van der Waals surface area (Å²) < 4.78 is 5.17. The summed E-state index contributed by atoms with van der Waals surface area (Å²) in [4.78, 5) is 0.